The number of piperazine rings is 1. The number of hydrogen-bond acceptors (Lipinski definition) is 3. The number of fused-ring (bicyclic) bond motifs is 1. The molecule has 1 aromatic heterocycles. The first-order chi connectivity index (χ1) is 15.7. The van der Waals surface area contributed by atoms with Gasteiger partial charge in [-0.1, -0.05) is 42.5 Å². The third-order valence-electron chi connectivity index (χ3n) is 6.21. The fraction of sp³-hybridized carbons (Fsp3) is 0.259. The van der Waals surface area contributed by atoms with Crippen molar-refractivity contribution in [1.82, 2.24) is 14.5 Å². The monoisotopic (exact) mass is 424 g/mol. The van der Waals surface area contributed by atoms with Crippen LogP contribution in [0.2, 0.25) is 0 Å². The van der Waals surface area contributed by atoms with E-state index in [1.807, 2.05) is 41.3 Å². The Balaban J connectivity index is 1.27. The Bertz CT molecular complexity index is 1220. The van der Waals surface area contributed by atoms with Gasteiger partial charge in [0, 0.05) is 50.4 Å². The Morgan fingerprint density at radius 3 is 2.34 bits per heavy atom. The number of aromatic nitrogens is 2. The van der Waals surface area contributed by atoms with Crippen LogP contribution in [-0.4, -0.2) is 46.5 Å². The van der Waals surface area contributed by atoms with Crippen LogP contribution in [0.15, 0.2) is 78.9 Å². The van der Waals surface area contributed by atoms with Crippen molar-refractivity contribution in [2.45, 2.75) is 19.8 Å². The number of hydrogen-bond donors (Lipinski definition) is 0. The summed E-state index contributed by atoms with van der Waals surface area (Å²) in [5, 5.41) is 0. The van der Waals surface area contributed by atoms with E-state index in [9.17, 15) is 4.79 Å². The average Bonchev–Trinajstić information content (AvgIpc) is 3.21. The van der Waals surface area contributed by atoms with Crippen molar-refractivity contribution in [3.63, 3.8) is 0 Å². The largest absolute Gasteiger partial charge is 0.368 e. The topological polar surface area (TPSA) is 41.4 Å². The highest BCUT2D eigenvalue weighted by Gasteiger charge is 2.22. The second-order valence-electron chi connectivity index (χ2n) is 8.39. The summed E-state index contributed by atoms with van der Waals surface area (Å²) in [5.74, 6) is 1.14. The van der Waals surface area contributed by atoms with Crippen molar-refractivity contribution in [3.05, 3.63) is 90.3 Å². The maximum Gasteiger partial charge on any atom is 0.223 e. The van der Waals surface area contributed by atoms with E-state index < -0.39 is 0 Å². The van der Waals surface area contributed by atoms with E-state index >= 15 is 0 Å². The van der Waals surface area contributed by atoms with Gasteiger partial charge in [0.05, 0.1) is 11.0 Å². The van der Waals surface area contributed by atoms with Gasteiger partial charge in [0.15, 0.2) is 0 Å². The Morgan fingerprint density at radius 1 is 0.844 bits per heavy atom. The number of benzene rings is 3. The molecule has 0 atom stereocenters. The summed E-state index contributed by atoms with van der Waals surface area (Å²) in [6, 6.07) is 27.0. The number of aryl methyl sites for hydroxylation is 2. The molecule has 1 aliphatic heterocycles. The minimum atomic E-state index is 0.209. The first kappa shape index (κ1) is 20.3. The summed E-state index contributed by atoms with van der Waals surface area (Å²) in [6.07, 6.45) is 1.10. The minimum absolute atomic E-state index is 0.209. The van der Waals surface area contributed by atoms with Crippen LogP contribution in [0.5, 0.6) is 0 Å². The molecule has 5 heteroatoms. The SMILES string of the molecule is Cc1cccc(N2CCN(C(=O)CCc3nc4ccccc4n3-c3ccccc3)CC2)c1. The van der Waals surface area contributed by atoms with Crippen LogP contribution in [-0.2, 0) is 11.2 Å². The van der Waals surface area contributed by atoms with Crippen molar-refractivity contribution in [2.24, 2.45) is 0 Å². The minimum Gasteiger partial charge on any atom is -0.368 e. The van der Waals surface area contributed by atoms with Gasteiger partial charge >= 0.3 is 0 Å². The van der Waals surface area contributed by atoms with Gasteiger partial charge in [0.25, 0.3) is 0 Å². The number of anilines is 1. The molecule has 3 aromatic carbocycles. The van der Waals surface area contributed by atoms with E-state index in [4.69, 9.17) is 4.98 Å². The van der Waals surface area contributed by atoms with E-state index in [2.05, 4.69) is 58.9 Å². The van der Waals surface area contributed by atoms with Gasteiger partial charge in [-0.25, -0.2) is 4.98 Å². The average molecular weight is 425 g/mol. The molecular formula is C27H28N4O. The fourth-order valence-corrected chi connectivity index (χ4v) is 4.52. The molecule has 0 bridgehead atoms. The summed E-state index contributed by atoms with van der Waals surface area (Å²) < 4.78 is 2.18. The third kappa shape index (κ3) is 4.11. The number of para-hydroxylation sites is 3. The molecule has 0 N–H and O–H groups in total. The highest BCUT2D eigenvalue weighted by atomic mass is 16.2. The molecule has 32 heavy (non-hydrogen) atoms. The van der Waals surface area contributed by atoms with Crippen LogP contribution >= 0.6 is 0 Å². The Kier molecular flexibility index (Phi) is 5.63. The standard InChI is InChI=1S/C27H28N4O/c1-21-8-7-11-23(20-21)29-16-18-30(19-17-29)27(32)15-14-26-28-24-12-5-6-13-25(24)31(26)22-9-3-2-4-10-22/h2-13,20H,14-19H2,1H3. The first-order valence-electron chi connectivity index (χ1n) is 11.3. The van der Waals surface area contributed by atoms with Crippen molar-refractivity contribution in [1.29, 1.82) is 0 Å². The van der Waals surface area contributed by atoms with Gasteiger partial charge in [-0.3, -0.25) is 9.36 Å². The number of carbonyl (C=O) groups excluding carboxylic acids is 1. The van der Waals surface area contributed by atoms with Crippen LogP contribution < -0.4 is 4.90 Å². The zero-order chi connectivity index (χ0) is 21.9. The van der Waals surface area contributed by atoms with Gasteiger partial charge < -0.3 is 9.80 Å². The molecule has 2 heterocycles. The van der Waals surface area contributed by atoms with Crippen LogP contribution in [0.3, 0.4) is 0 Å². The van der Waals surface area contributed by atoms with E-state index in [-0.39, 0.29) is 5.91 Å². The van der Waals surface area contributed by atoms with Crippen LogP contribution in [0.25, 0.3) is 16.7 Å². The molecule has 1 aliphatic rings. The van der Waals surface area contributed by atoms with Gasteiger partial charge in [-0.2, -0.15) is 0 Å². The van der Waals surface area contributed by atoms with E-state index in [1.54, 1.807) is 0 Å². The highest BCUT2D eigenvalue weighted by Crippen LogP contribution is 2.23. The van der Waals surface area contributed by atoms with Crippen LogP contribution in [0.1, 0.15) is 17.8 Å². The van der Waals surface area contributed by atoms with Crippen molar-refractivity contribution in [3.8, 4) is 5.69 Å². The quantitative estimate of drug-likeness (QED) is 0.470. The number of imidazole rings is 1. The first-order valence-corrected chi connectivity index (χ1v) is 11.3. The number of rotatable bonds is 5. The highest BCUT2D eigenvalue weighted by molar-refractivity contribution is 5.79. The van der Waals surface area contributed by atoms with Gasteiger partial charge in [0.2, 0.25) is 5.91 Å². The molecule has 0 unspecified atom stereocenters. The second kappa shape index (κ2) is 8.87. The molecule has 1 amide bonds. The maximum absolute atomic E-state index is 13.0. The van der Waals surface area contributed by atoms with Crippen molar-refractivity contribution >= 4 is 22.6 Å². The molecule has 5 nitrogen and oxygen atoms in total. The Morgan fingerprint density at radius 2 is 1.56 bits per heavy atom. The lowest BCUT2D eigenvalue weighted by Crippen LogP contribution is -2.48. The summed E-state index contributed by atoms with van der Waals surface area (Å²) in [4.78, 5) is 22.2. The van der Waals surface area contributed by atoms with E-state index in [1.165, 1.54) is 11.3 Å². The number of carbonyl (C=O) groups is 1. The van der Waals surface area contributed by atoms with Crippen molar-refractivity contribution < 1.29 is 4.79 Å². The summed E-state index contributed by atoms with van der Waals surface area (Å²) in [7, 11) is 0. The third-order valence-corrected chi connectivity index (χ3v) is 6.21. The van der Waals surface area contributed by atoms with E-state index in [0.717, 1.165) is 48.7 Å². The summed E-state index contributed by atoms with van der Waals surface area (Å²) >= 11 is 0. The Hall–Kier alpha value is -3.60. The molecule has 1 saturated heterocycles. The predicted molar refractivity (Wildman–Crippen MR) is 129 cm³/mol. The second-order valence-corrected chi connectivity index (χ2v) is 8.39. The van der Waals surface area contributed by atoms with Gasteiger partial charge in [-0.15, -0.1) is 0 Å². The number of nitrogens with zero attached hydrogens (tertiary/aromatic N) is 4. The van der Waals surface area contributed by atoms with Crippen molar-refractivity contribution in [2.75, 3.05) is 31.1 Å². The molecule has 0 radical (unpaired) electrons. The maximum atomic E-state index is 13.0. The van der Waals surface area contributed by atoms with Gasteiger partial charge in [0.1, 0.15) is 5.82 Å². The molecule has 0 aliphatic carbocycles. The molecule has 4 aromatic rings. The fourth-order valence-electron chi connectivity index (χ4n) is 4.52. The molecule has 0 saturated carbocycles. The molecular weight excluding hydrogens is 396 g/mol. The Labute approximate surface area is 188 Å². The molecule has 0 spiro atoms. The lowest BCUT2D eigenvalue weighted by Gasteiger charge is -2.36. The van der Waals surface area contributed by atoms with Crippen LogP contribution in [0, 0.1) is 6.92 Å². The zero-order valence-corrected chi connectivity index (χ0v) is 18.4. The van der Waals surface area contributed by atoms with Gasteiger partial charge in [-0.05, 0) is 48.9 Å². The smallest absolute Gasteiger partial charge is 0.223 e. The summed E-state index contributed by atoms with van der Waals surface area (Å²) in [5.41, 5.74) is 5.63. The lowest BCUT2D eigenvalue weighted by molar-refractivity contribution is -0.131. The molecule has 1 fully saturated rings. The van der Waals surface area contributed by atoms with Crippen LogP contribution in [0.4, 0.5) is 5.69 Å². The summed E-state index contributed by atoms with van der Waals surface area (Å²) in [6.45, 7) is 5.39. The zero-order valence-electron chi connectivity index (χ0n) is 18.4. The normalized spacial score (nSPS) is 14.2. The number of amides is 1. The molecule has 5 rings (SSSR count). The predicted octanol–water partition coefficient (Wildman–Crippen LogP) is 4.62. The lowest BCUT2D eigenvalue weighted by atomic mass is 10.2. The molecule has 162 valence electrons. The van der Waals surface area contributed by atoms with E-state index in [0.29, 0.717) is 12.8 Å².